The predicted octanol–water partition coefficient (Wildman–Crippen LogP) is 3.77. The van der Waals surface area contributed by atoms with Crippen LogP contribution in [0, 0.1) is 5.41 Å². The maximum atomic E-state index is 11.1. The fourth-order valence-corrected chi connectivity index (χ4v) is 3.77. The summed E-state index contributed by atoms with van der Waals surface area (Å²) in [4.78, 5) is 22.3. The average Bonchev–Trinajstić information content (AvgIpc) is 3.15. The number of carbonyl (C=O) groups is 1. The third kappa shape index (κ3) is 6.27. The number of nitrogens with two attached hydrogens (primary N) is 1. The summed E-state index contributed by atoms with van der Waals surface area (Å²) in [5.41, 5.74) is 10.0. The van der Waals surface area contributed by atoms with Crippen molar-refractivity contribution in [1.82, 2.24) is 14.5 Å². The van der Waals surface area contributed by atoms with Gasteiger partial charge in [-0.3, -0.25) is 10.2 Å². The second kappa shape index (κ2) is 11.3. The van der Waals surface area contributed by atoms with Crippen LogP contribution in [0.1, 0.15) is 23.4 Å². The third-order valence-electron chi connectivity index (χ3n) is 5.63. The number of nitrogen functional groups attached to an aromatic ring is 1. The average molecular weight is 494 g/mol. The lowest BCUT2D eigenvalue weighted by molar-refractivity contribution is -0.136. The molecule has 0 atom stereocenters. The number of rotatable bonds is 10. The topological polar surface area (TPSA) is 133 Å². The Hall–Kier alpha value is -4.11. The predicted molar refractivity (Wildman–Crippen MR) is 140 cm³/mol. The fourth-order valence-electron chi connectivity index (χ4n) is 3.77. The van der Waals surface area contributed by atoms with Crippen molar-refractivity contribution in [3.05, 3.63) is 83.8 Å². The number of benzene rings is 2. The molecule has 0 unspecified atom stereocenters. The minimum Gasteiger partial charge on any atom is -0.481 e. The summed E-state index contributed by atoms with van der Waals surface area (Å²) in [6.07, 6.45) is 1.74. The van der Waals surface area contributed by atoms with Crippen LogP contribution in [0.4, 0.5) is 11.5 Å². The summed E-state index contributed by atoms with van der Waals surface area (Å²) < 4.78 is 2.05. The number of halogens is 1. The number of nitrogens with zero attached hydrogens (tertiary/aromatic N) is 4. The molecule has 0 fully saturated rings. The van der Waals surface area contributed by atoms with E-state index in [4.69, 9.17) is 21.2 Å². The molecule has 0 aliphatic rings. The minimum absolute atomic E-state index is 0. The quantitative estimate of drug-likeness (QED) is 0.195. The Morgan fingerprint density at radius 1 is 1.17 bits per heavy atom. The van der Waals surface area contributed by atoms with Crippen molar-refractivity contribution in [2.45, 2.75) is 19.5 Å². The van der Waals surface area contributed by atoms with Crippen LogP contribution in [-0.4, -0.2) is 38.0 Å². The van der Waals surface area contributed by atoms with E-state index in [0.29, 0.717) is 25.2 Å². The number of aliphatic carboxylic acids is 1. The highest BCUT2D eigenvalue weighted by Gasteiger charge is 2.13. The Kier molecular flexibility index (Phi) is 8.27. The van der Waals surface area contributed by atoms with Gasteiger partial charge in [0.1, 0.15) is 17.5 Å². The van der Waals surface area contributed by atoms with Gasteiger partial charge in [-0.25, -0.2) is 9.97 Å². The van der Waals surface area contributed by atoms with Gasteiger partial charge in [0.05, 0.1) is 24.0 Å². The first kappa shape index (κ1) is 25.5. The Bertz CT molecular complexity index is 1310. The van der Waals surface area contributed by atoms with Crippen LogP contribution >= 0.6 is 12.4 Å². The Labute approximate surface area is 209 Å². The molecule has 0 radical (unpaired) electrons. The van der Waals surface area contributed by atoms with Gasteiger partial charge in [-0.15, -0.1) is 12.4 Å². The normalized spacial score (nSPS) is 10.5. The van der Waals surface area contributed by atoms with E-state index in [-0.39, 0.29) is 24.7 Å². The molecule has 0 amide bonds. The van der Waals surface area contributed by atoms with Crippen molar-refractivity contribution < 1.29 is 9.90 Å². The van der Waals surface area contributed by atoms with Crippen LogP contribution in [0.15, 0.2) is 66.9 Å². The van der Waals surface area contributed by atoms with Gasteiger partial charge in [0.15, 0.2) is 0 Å². The largest absolute Gasteiger partial charge is 0.481 e. The molecule has 0 saturated carbocycles. The number of aryl methyl sites for hydroxylation is 1. The SMILES string of the molecule is Cl.Cn1c(CNc2ccc(C(=N)N)cc2)nc2cc(CN(CCC(=O)O)c3ccccn3)ccc21. The molecular weight excluding hydrogens is 466 g/mol. The fraction of sp³-hybridized carbons (Fsp3) is 0.200. The number of anilines is 2. The van der Waals surface area contributed by atoms with Gasteiger partial charge in [-0.05, 0) is 54.1 Å². The lowest BCUT2D eigenvalue weighted by Gasteiger charge is -2.23. The van der Waals surface area contributed by atoms with E-state index in [9.17, 15) is 4.79 Å². The summed E-state index contributed by atoms with van der Waals surface area (Å²) in [6, 6.07) is 19.1. The Morgan fingerprint density at radius 3 is 2.60 bits per heavy atom. The van der Waals surface area contributed by atoms with Gasteiger partial charge in [-0.2, -0.15) is 0 Å². The van der Waals surface area contributed by atoms with Gasteiger partial charge in [0, 0.05) is 37.6 Å². The van der Waals surface area contributed by atoms with Crippen molar-refractivity contribution in [3.63, 3.8) is 0 Å². The van der Waals surface area contributed by atoms with Crippen LogP contribution in [-0.2, 0) is 24.9 Å². The first-order chi connectivity index (χ1) is 16.4. The van der Waals surface area contributed by atoms with E-state index < -0.39 is 5.97 Å². The van der Waals surface area contributed by atoms with Crippen LogP contribution in [0.3, 0.4) is 0 Å². The highest BCUT2D eigenvalue weighted by Crippen LogP contribution is 2.21. The Balaban J connectivity index is 0.00000342. The number of carboxylic acids is 1. The van der Waals surface area contributed by atoms with Crippen LogP contribution in [0.2, 0.25) is 0 Å². The highest BCUT2D eigenvalue weighted by molar-refractivity contribution is 5.95. The lowest BCUT2D eigenvalue weighted by Crippen LogP contribution is -2.26. The number of carboxylic acid groups (broad SMARTS) is 1. The number of imidazole rings is 1. The van der Waals surface area contributed by atoms with Gasteiger partial charge in [0.25, 0.3) is 0 Å². The van der Waals surface area contributed by atoms with Gasteiger partial charge < -0.3 is 25.6 Å². The smallest absolute Gasteiger partial charge is 0.305 e. The van der Waals surface area contributed by atoms with Crippen molar-refractivity contribution in [3.8, 4) is 0 Å². The molecular formula is C25H28ClN7O2. The zero-order valence-corrected chi connectivity index (χ0v) is 20.1. The van der Waals surface area contributed by atoms with Crippen molar-refractivity contribution >= 4 is 46.8 Å². The molecule has 4 aromatic rings. The molecule has 0 aliphatic heterocycles. The van der Waals surface area contributed by atoms with Crippen molar-refractivity contribution in [2.24, 2.45) is 12.8 Å². The monoisotopic (exact) mass is 493 g/mol. The third-order valence-corrected chi connectivity index (χ3v) is 5.63. The van der Waals surface area contributed by atoms with Gasteiger partial charge >= 0.3 is 5.97 Å². The highest BCUT2D eigenvalue weighted by atomic mass is 35.5. The Morgan fingerprint density at radius 2 is 1.94 bits per heavy atom. The number of amidine groups is 1. The van der Waals surface area contributed by atoms with Crippen LogP contribution < -0.4 is 16.0 Å². The minimum atomic E-state index is -0.839. The molecule has 4 rings (SSSR count). The van der Waals surface area contributed by atoms with Crippen LogP contribution in [0.5, 0.6) is 0 Å². The standard InChI is InChI=1S/C25H27N7O2.ClH/c1-31-21-10-5-17(16-32(13-11-24(33)34)22-4-2-3-12-28-22)14-20(21)30-23(31)15-29-19-8-6-18(7-9-19)25(26)27;/h2-10,12,14,29H,11,13,15-16H2,1H3,(H3,26,27)(H,33,34);1H. The molecule has 0 bridgehead atoms. The maximum Gasteiger partial charge on any atom is 0.305 e. The summed E-state index contributed by atoms with van der Waals surface area (Å²) in [7, 11) is 1.98. The molecule has 5 N–H and O–H groups in total. The van der Waals surface area contributed by atoms with Crippen molar-refractivity contribution in [1.29, 1.82) is 5.41 Å². The molecule has 2 heterocycles. The number of fused-ring (bicyclic) bond motifs is 1. The van der Waals surface area contributed by atoms with E-state index in [0.717, 1.165) is 33.9 Å². The molecule has 0 aliphatic carbocycles. The molecule has 2 aromatic carbocycles. The molecule has 2 aromatic heterocycles. The second-order valence-corrected chi connectivity index (χ2v) is 8.01. The number of aromatic nitrogens is 3. The zero-order chi connectivity index (χ0) is 24.1. The van der Waals surface area contributed by atoms with Gasteiger partial charge in [-0.1, -0.05) is 12.1 Å². The molecule has 10 heteroatoms. The first-order valence-corrected chi connectivity index (χ1v) is 10.9. The van der Waals surface area contributed by atoms with E-state index in [1.807, 2.05) is 72.6 Å². The summed E-state index contributed by atoms with van der Waals surface area (Å²) in [5.74, 6) is 0.831. The number of hydrogen-bond donors (Lipinski definition) is 4. The van der Waals surface area contributed by atoms with Gasteiger partial charge in [0.2, 0.25) is 0 Å². The van der Waals surface area contributed by atoms with Crippen LogP contribution in [0.25, 0.3) is 11.0 Å². The number of nitrogens with one attached hydrogen (secondary N) is 2. The molecule has 35 heavy (non-hydrogen) atoms. The molecule has 182 valence electrons. The summed E-state index contributed by atoms with van der Waals surface area (Å²) in [5, 5.41) is 20.0. The molecule has 9 nitrogen and oxygen atoms in total. The maximum absolute atomic E-state index is 11.1. The lowest BCUT2D eigenvalue weighted by atomic mass is 10.1. The van der Waals surface area contributed by atoms with Crippen molar-refractivity contribution in [2.75, 3.05) is 16.8 Å². The second-order valence-electron chi connectivity index (χ2n) is 8.01. The molecule has 0 saturated heterocycles. The first-order valence-electron chi connectivity index (χ1n) is 10.9. The summed E-state index contributed by atoms with van der Waals surface area (Å²) in [6.45, 7) is 1.44. The zero-order valence-electron chi connectivity index (χ0n) is 19.3. The number of hydrogen-bond acceptors (Lipinski definition) is 6. The molecule has 0 spiro atoms. The van der Waals surface area contributed by atoms with E-state index >= 15 is 0 Å². The van der Waals surface area contributed by atoms with E-state index in [1.54, 1.807) is 6.20 Å². The summed E-state index contributed by atoms with van der Waals surface area (Å²) >= 11 is 0. The van der Waals surface area contributed by atoms with E-state index in [2.05, 4.69) is 14.9 Å². The van der Waals surface area contributed by atoms with E-state index in [1.165, 1.54) is 0 Å². The number of pyridine rings is 1.